The maximum absolute atomic E-state index is 11.3. The number of benzene rings is 1. The van der Waals surface area contributed by atoms with Crippen LogP contribution in [0.4, 0.5) is 0 Å². The van der Waals surface area contributed by atoms with Gasteiger partial charge in [-0.3, -0.25) is 4.79 Å². The largest absolute Gasteiger partial charge is 0.469 e. The smallest absolute Gasteiger partial charge is 0.308 e. The number of methoxy groups -OCH3 is 1. The molecular formula is C14H15NO2. The van der Waals surface area contributed by atoms with E-state index in [0.29, 0.717) is 12.0 Å². The van der Waals surface area contributed by atoms with Gasteiger partial charge in [0.25, 0.3) is 0 Å². The standard InChI is InChI=1S/C14H15NO2/c1-10(8-11(2)14(16)17-3)13-6-4-12(9-15)5-7-13/h4-7,11H,1,8H2,2-3H3. The second-order valence-electron chi connectivity index (χ2n) is 3.92. The lowest BCUT2D eigenvalue weighted by Crippen LogP contribution is -2.12. The molecule has 3 heteroatoms. The fourth-order valence-corrected chi connectivity index (χ4v) is 1.55. The van der Waals surface area contributed by atoms with Crippen LogP contribution < -0.4 is 0 Å². The van der Waals surface area contributed by atoms with Crippen LogP contribution in [0, 0.1) is 17.2 Å². The molecule has 0 bridgehead atoms. The lowest BCUT2D eigenvalue weighted by molar-refractivity contribution is -0.144. The maximum Gasteiger partial charge on any atom is 0.308 e. The quantitative estimate of drug-likeness (QED) is 0.746. The van der Waals surface area contributed by atoms with E-state index in [1.807, 2.05) is 12.1 Å². The van der Waals surface area contributed by atoms with Crippen LogP contribution in [0.1, 0.15) is 24.5 Å². The zero-order chi connectivity index (χ0) is 12.8. The SMILES string of the molecule is C=C(CC(C)C(=O)OC)c1ccc(C#N)cc1. The van der Waals surface area contributed by atoms with Crippen LogP contribution in [0.25, 0.3) is 5.57 Å². The fraction of sp³-hybridized carbons (Fsp3) is 0.286. The van der Waals surface area contributed by atoms with Gasteiger partial charge in [0, 0.05) is 0 Å². The Morgan fingerprint density at radius 1 is 1.47 bits per heavy atom. The summed E-state index contributed by atoms with van der Waals surface area (Å²) in [5, 5.41) is 8.68. The molecule has 1 unspecified atom stereocenters. The number of nitrogens with zero attached hydrogens (tertiary/aromatic N) is 1. The van der Waals surface area contributed by atoms with E-state index in [-0.39, 0.29) is 11.9 Å². The average Bonchev–Trinajstić information content (AvgIpc) is 2.37. The van der Waals surface area contributed by atoms with Gasteiger partial charge in [-0.15, -0.1) is 0 Å². The molecule has 1 aromatic carbocycles. The molecule has 0 spiro atoms. The highest BCUT2D eigenvalue weighted by Crippen LogP contribution is 2.21. The number of nitriles is 1. The summed E-state index contributed by atoms with van der Waals surface area (Å²) >= 11 is 0. The Morgan fingerprint density at radius 3 is 2.53 bits per heavy atom. The first-order valence-corrected chi connectivity index (χ1v) is 5.34. The summed E-state index contributed by atoms with van der Waals surface area (Å²) in [4.78, 5) is 11.3. The number of carbonyl (C=O) groups is 1. The predicted molar refractivity (Wildman–Crippen MR) is 66.0 cm³/mol. The third-order valence-electron chi connectivity index (χ3n) is 2.58. The third kappa shape index (κ3) is 3.46. The summed E-state index contributed by atoms with van der Waals surface area (Å²) in [7, 11) is 1.38. The van der Waals surface area contributed by atoms with Gasteiger partial charge >= 0.3 is 5.97 Å². The molecule has 0 aliphatic rings. The molecule has 1 aromatic rings. The Morgan fingerprint density at radius 2 is 2.06 bits per heavy atom. The summed E-state index contributed by atoms with van der Waals surface area (Å²) in [5.74, 6) is -0.442. The second kappa shape index (κ2) is 5.86. The van der Waals surface area contributed by atoms with E-state index >= 15 is 0 Å². The van der Waals surface area contributed by atoms with Crippen molar-refractivity contribution in [1.82, 2.24) is 0 Å². The van der Waals surface area contributed by atoms with Gasteiger partial charge in [-0.05, 0) is 29.7 Å². The first kappa shape index (κ1) is 13.0. The van der Waals surface area contributed by atoms with E-state index in [1.54, 1.807) is 19.1 Å². The zero-order valence-electron chi connectivity index (χ0n) is 10.1. The molecule has 0 N–H and O–H groups in total. The Balaban J connectivity index is 2.70. The summed E-state index contributed by atoms with van der Waals surface area (Å²) in [6.45, 7) is 5.75. The minimum absolute atomic E-state index is 0.205. The molecule has 1 rings (SSSR count). The van der Waals surface area contributed by atoms with Crippen molar-refractivity contribution in [2.75, 3.05) is 7.11 Å². The van der Waals surface area contributed by atoms with Crippen molar-refractivity contribution < 1.29 is 9.53 Å². The highest BCUT2D eigenvalue weighted by Gasteiger charge is 2.14. The number of hydrogen-bond acceptors (Lipinski definition) is 3. The molecule has 0 heterocycles. The first-order chi connectivity index (χ1) is 8.08. The lowest BCUT2D eigenvalue weighted by atomic mass is 9.96. The summed E-state index contributed by atoms with van der Waals surface area (Å²) in [6, 6.07) is 9.21. The van der Waals surface area contributed by atoms with Gasteiger partial charge in [0.2, 0.25) is 0 Å². The number of esters is 1. The van der Waals surface area contributed by atoms with Gasteiger partial charge < -0.3 is 4.74 Å². The van der Waals surface area contributed by atoms with Gasteiger partial charge in [0.1, 0.15) is 0 Å². The highest BCUT2D eigenvalue weighted by atomic mass is 16.5. The van der Waals surface area contributed by atoms with Crippen molar-refractivity contribution in [2.45, 2.75) is 13.3 Å². The minimum Gasteiger partial charge on any atom is -0.469 e. The van der Waals surface area contributed by atoms with Crippen molar-refractivity contribution in [3.05, 3.63) is 42.0 Å². The van der Waals surface area contributed by atoms with Crippen LogP contribution in [-0.2, 0) is 9.53 Å². The van der Waals surface area contributed by atoms with Crippen LogP contribution in [0.5, 0.6) is 0 Å². The number of ether oxygens (including phenoxy) is 1. The molecule has 17 heavy (non-hydrogen) atoms. The van der Waals surface area contributed by atoms with Gasteiger partial charge in [0.15, 0.2) is 0 Å². The Bertz CT molecular complexity index is 454. The van der Waals surface area contributed by atoms with Crippen LogP contribution in [0.2, 0.25) is 0 Å². The lowest BCUT2D eigenvalue weighted by Gasteiger charge is -2.11. The fourth-order valence-electron chi connectivity index (χ4n) is 1.55. The monoisotopic (exact) mass is 229 g/mol. The molecular weight excluding hydrogens is 214 g/mol. The maximum atomic E-state index is 11.3. The Kier molecular flexibility index (Phi) is 4.47. The zero-order valence-corrected chi connectivity index (χ0v) is 10.1. The Labute approximate surface area is 101 Å². The van der Waals surface area contributed by atoms with Gasteiger partial charge in [-0.2, -0.15) is 5.26 Å². The highest BCUT2D eigenvalue weighted by molar-refractivity contribution is 5.75. The summed E-state index contributed by atoms with van der Waals surface area (Å²) in [6.07, 6.45) is 0.554. The molecule has 0 fully saturated rings. The van der Waals surface area contributed by atoms with Gasteiger partial charge in [-0.1, -0.05) is 25.6 Å². The van der Waals surface area contributed by atoms with Crippen LogP contribution in [0.15, 0.2) is 30.8 Å². The van der Waals surface area contributed by atoms with Crippen molar-refractivity contribution in [3.8, 4) is 6.07 Å². The summed E-state index contributed by atoms with van der Waals surface area (Å²) in [5.41, 5.74) is 2.43. The third-order valence-corrected chi connectivity index (χ3v) is 2.58. The van der Waals surface area contributed by atoms with E-state index in [9.17, 15) is 4.79 Å². The number of carbonyl (C=O) groups excluding carboxylic acids is 1. The molecule has 0 saturated heterocycles. The Hall–Kier alpha value is -2.08. The van der Waals surface area contributed by atoms with E-state index < -0.39 is 0 Å². The van der Waals surface area contributed by atoms with E-state index in [2.05, 4.69) is 17.4 Å². The molecule has 3 nitrogen and oxygen atoms in total. The minimum atomic E-state index is -0.236. The first-order valence-electron chi connectivity index (χ1n) is 5.34. The topological polar surface area (TPSA) is 50.1 Å². The number of rotatable bonds is 4. The molecule has 1 atom stereocenters. The predicted octanol–water partition coefficient (Wildman–Crippen LogP) is 2.77. The summed E-state index contributed by atoms with van der Waals surface area (Å²) < 4.78 is 4.66. The van der Waals surface area contributed by atoms with Crippen molar-refractivity contribution in [2.24, 2.45) is 5.92 Å². The van der Waals surface area contributed by atoms with Crippen molar-refractivity contribution >= 4 is 11.5 Å². The van der Waals surface area contributed by atoms with Crippen molar-refractivity contribution in [1.29, 1.82) is 5.26 Å². The normalized spacial score (nSPS) is 11.4. The van der Waals surface area contributed by atoms with Crippen LogP contribution in [-0.4, -0.2) is 13.1 Å². The molecule has 0 amide bonds. The van der Waals surface area contributed by atoms with Crippen molar-refractivity contribution in [3.63, 3.8) is 0 Å². The average molecular weight is 229 g/mol. The van der Waals surface area contributed by atoms with Crippen LogP contribution in [0.3, 0.4) is 0 Å². The molecule has 0 aromatic heterocycles. The van der Waals surface area contributed by atoms with Crippen LogP contribution >= 0.6 is 0 Å². The molecule has 0 radical (unpaired) electrons. The molecule has 0 aliphatic heterocycles. The van der Waals surface area contributed by atoms with E-state index in [1.165, 1.54) is 7.11 Å². The molecule has 88 valence electrons. The van der Waals surface area contributed by atoms with Gasteiger partial charge in [0.05, 0.1) is 24.7 Å². The van der Waals surface area contributed by atoms with E-state index in [4.69, 9.17) is 5.26 Å². The number of hydrogen-bond donors (Lipinski definition) is 0. The molecule has 0 saturated carbocycles. The molecule has 0 aliphatic carbocycles. The van der Waals surface area contributed by atoms with E-state index in [0.717, 1.165) is 11.1 Å². The van der Waals surface area contributed by atoms with Gasteiger partial charge in [-0.25, -0.2) is 0 Å². The number of allylic oxidation sites excluding steroid dienone is 1. The second-order valence-corrected chi connectivity index (χ2v) is 3.92.